The van der Waals surface area contributed by atoms with Gasteiger partial charge in [0.2, 0.25) is 0 Å². The third kappa shape index (κ3) is 10.9. The third-order valence-corrected chi connectivity index (χ3v) is 7.55. The molecule has 0 radical (unpaired) electrons. The number of carbonyl (C=O) groups is 3. The topological polar surface area (TPSA) is 195 Å². The summed E-state index contributed by atoms with van der Waals surface area (Å²) in [5.74, 6) is -2.41. The Hall–Kier alpha value is -4.38. The van der Waals surface area contributed by atoms with Gasteiger partial charge in [-0.1, -0.05) is 5.21 Å². The first-order valence-corrected chi connectivity index (χ1v) is 14.6. The zero-order valence-corrected chi connectivity index (χ0v) is 25.2. The van der Waals surface area contributed by atoms with Crippen LogP contribution < -0.4 is 10.4 Å². The lowest BCUT2D eigenvalue weighted by molar-refractivity contribution is -0.140. The Kier molecular flexibility index (Phi) is 12.0. The number of hydrogen-bond acceptors (Lipinski definition) is 12. The molecule has 4 rings (SSSR count). The van der Waals surface area contributed by atoms with Crippen LogP contribution in [-0.4, -0.2) is 146 Å². The van der Waals surface area contributed by atoms with Crippen molar-refractivity contribution in [1.82, 2.24) is 34.6 Å². The Morgan fingerprint density at radius 1 is 0.800 bits per heavy atom. The Bertz CT molecular complexity index is 1490. The minimum absolute atomic E-state index is 0.151. The lowest BCUT2D eigenvalue weighted by atomic mass is 10.1. The molecule has 1 aromatic carbocycles. The second kappa shape index (κ2) is 16.1. The van der Waals surface area contributed by atoms with Crippen molar-refractivity contribution in [3.8, 4) is 5.75 Å². The molecule has 0 amide bonds. The predicted octanol–water partition coefficient (Wildman–Crippen LogP) is -0.253. The van der Waals surface area contributed by atoms with Crippen molar-refractivity contribution < 1.29 is 38.9 Å². The third-order valence-electron chi connectivity index (χ3n) is 7.55. The highest BCUT2D eigenvalue weighted by Gasteiger charge is 2.20. The minimum atomic E-state index is -0.996. The number of carboxylic acids is 3. The van der Waals surface area contributed by atoms with E-state index >= 15 is 0 Å². The first-order chi connectivity index (χ1) is 21.5. The number of carboxylic acid groups (broad SMARTS) is 3. The van der Waals surface area contributed by atoms with Crippen LogP contribution in [0.3, 0.4) is 0 Å². The quantitative estimate of drug-likeness (QED) is 0.222. The number of ether oxygens (including phenoxy) is 1. The molecule has 1 fully saturated rings. The number of aromatic nitrogens is 3. The maximum atomic E-state index is 11.7. The van der Waals surface area contributed by atoms with Gasteiger partial charge in [-0.2, -0.15) is 0 Å². The summed E-state index contributed by atoms with van der Waals surface area (Å²) in [6.07, 6.45) is 1.77. The molecule has 3 heterocycles. The monoisotopic (exact) mass is 629 g/mol. The zero-order chi connectivity index (χ0) is 32.3. The molecule has 0 atom stereocenters. The average Bonchev–Trinajstić information content (AvgIpc) is 3.42. The maximum Gasteiger partial charge on any atom is 0.336 e. The molecule has 0 saturated carbocycles. The Morgan fingerprint density at radius 3 is 1.87 bits per heavy atom. The van der Waals surface area contributed by atoms with Gasteiger partial charge in [0.05, 0.1) is 32.4 Å². The van der Waals surface area contributed by atoms with Crippen LogP contribution in [0.4, 0.5) is 0 Å². The maximum absolute atomic E-state index is 11.7. The van der Waals surface area contributed by atoms with E-state index in [2.05, 4.69) is 15.2 Å². The molecule has 0 aliphatic carbocycles. The molecular formula is C29H39N7O9. The van der Waals surface area contributed by atoms with E-state index in [1.54, 1.807) is 37.7 Å². The van der Waals surface area contributed by atoms with Gasteiger partial charge in [-0.25, -0.2) is 4.79 Å². The fourth-order valence-electron chi connectivity index (χ4n) is 5.16. The molecule has 45 heavy (non-hydrogen) atoms. The molecule has 0 bridgehead atoms. The van der Waals surface area contributed by atoms with Crippen molar-refractivity contribution in [2.24, 2.45) is 0 Å². The van der Waals surface area contributed by atoms with Crippen LogP contribution in [0.2, 0.25) is 0 Å². The van der Waals surface area contributed by atoms with Gasteiger partial charge in [-0.05, 0) is 24.6 Å². The van der Waals surface area contributed by atoms with E-state index < -0.39 is 23.5 Å². The van der Waals surface area contributed by atoms with E-state index in [0.717, 1.165) is 10.9 Å². The molecule has 1 aliphatic rings. The van der Waals surface area contributed by atoms with Gasteiger partial charge in [-0.3, -0.25) is 38.7 Å². The summed E-state index contributed by atoms with van der Waals surface area (Å²) < 4.78 is 12.8. The minimum Gasteiger partial charge on any atom is -0.487 e. The van der Waals surface area contributed by atoms with Crippen molar-refractivity contribution in [3.63, 3.8) is 0 Å². The largest absolute Gasteiger partial charge is 0.487 e. The van der Waals surface area contributed by atoms with Crippen molar-refractivity contribution in [3.05, 3.63) is 52.1 Å². The molecule has 1 aliphatic heterocycles. The van der Waals surface area contributed by atoms with Crippen molar-refractivity contribution in [2.75, 3.05) is 78.5 Å². The predicted molar refractivity (Wildman–Crippen MR) is 160 cm³/mol. The lowest BCUT2D eigenvalue weighted by Gasteiger charge is -2.33. The first kappa shape index (κ1) is 33.5. The Labute approximate surface area is 259 Å². The molecule has 1 saturated heterocycles. The molecule has 3 aromatic rings. The van der Waals surface area contributed by atoms with E-state index in [1.807, 2.05) is 13.0 Å². The molecular weight excluding hydrogens is 590 g/mol. The summed E-state index contributed by atoms with van der Waals surface area (Å²) in [6.45, 7) is 5.82. The van der Waals surface area contributed by atoms with Gasteiger partial charge in [0, 0.05) is 76.4 Å². The van der Waals surface area contributed by atoms with Crippen LogP contribution in [-0.2, 0) is 27.5 Å². The highest BCUT2D eigenvalue weighted by molar-refractivity contribution is 5.81. The molecule has 0 unspecified atom stereocenters. The van der Waals surface area contributed by atoms with Crippen LogP contribution in [0.15, 0.2) is 39.7 Å². The Morgan fingerprint density at radius 2 is 1.33 bits per heavy atom. The first-order valence-electron chi connectivity index (χ1n) is 14.6. The normalized spacial score (nSPS) is 16.6. The van der Waals surface area contributed by atoms with Crippen LogP contribution in [0, 0.1) is 6.92 Å². The van der Waals surface area contributed by atoms with Crippen LogP contribution in [0.1, 0.15) is 11.3 Å². The van der Waals surface area contributed by atoms with E-state index in [-0.39, 0.29) is 26.2 Å². The van der Waals surface area contributed by atoms with Gasteiger partial charge >= 0.3 is 23.5 Å². The van der Waals surface area contributed by atoms with Crippen LogP contribution >= 0.6 is 0 Å². The molecule has 2 aromatic heterocycles. The highest BCUT2D eigenvalue weighted by atomic mass is 16.5. The summed E-state index contributed by atoms with van der Waals surface area (Å²) >= 11 is 0. The fourth-order valence-corrected chi connectivity index (χ4v) is 5.16. The lowest BCUT2D eigenvalue weighted by Crippen LogP contribution is -2.48. The zero-order valence-electron chi connectivity index (χ0n) is 25.2. The molecule has 0 spiro atoms. The molecule has 244 valence electrons. The summed E-state index contributed by atoms with van der Waals surface area (Å²) in [5.41, 5.74) is 1.43. The van der Waals surface area contributed by atoms with E-state index in [9.17, 15) is 34.5 Å². The van der Waals surface area contributed by atoms with Gasteiger partial charge in [-0.15, -0.1) is 5.10 Å². The molecule has 16 heteroatoms. The van der Waals surface area contributed by atoms with Gasteiger partial charge < -0.3 is 24.5 Å². The average molecular weight is 630 g/mol. The second-order valence-corrected chi connectivity index (χ2v) is 11.0. The molecule has 3 N–H and O–H groups in total. The fraction of sp³-hybridized carbons (Fsp3) is 0.517. The smallest absolute Gasteiger partial charge is 0.336 e. The standard InChI is InChI=1S/C29H39N7O9/c1-21-14-29(43)45-25-15-23(2-3-24(21)25)44-20-22-16-36(31-30-22)13-12-32-4-6-33(17-26(37)38)8-10-35(19-28(41)42)11-9-34(7-5-32)18-27(39)40/h2-3,14-16H,4-13,17-20H2,1H3,(H,37,38)(H,39,40)(H,41,42). The summed E-state index contributed by atoms with van der Waals surface area (Å²) in [4.78, 5) is 53.5. The van der Waals surface area contributed by atoms with E-state index in [0.29, 0.717) is 82.5 Å². The van der Waals surface area contributed by atoms with E-state index in [1.165, 1.54) is 6.07 Å². The van der Waals surface area contributed by atoms with E-state index in [4.69, 9.17) is 9.15 Å². The summed E-state index contributed by atoms with van der Waals surface area (Å²) in [5, 5.41) is 37.4. The second-order valence-electron chi connectivity index (χ2n) is 11.0. The number of rotatable bonds is 12. The van der Waals surface area contributed by atoms with Crippen molar-refractivity contribution >= 4 is 28.9 Å². The van der Waals surface area contributed by atoms with Gasteiger partial charge in [0.25, 0.3) is 0 Å². The van der Waals surface area contributed by atoms with Crippen LogP contribution in [0.25, 0.3) is 11.0 Å². The SMILES string of the molecule is Cc1cc(=O)oc2cc(OCc3cn(CCN4CCN(CC(=O)O)CCN(CC(=O)O)CCN(CC(=O)O)CC4)nn3)ccc12. The number of hydrogen-bond donors (Lipinski definition) is 3. The van der Waals surface area contributed by atoms with Crippen molar-refractivity contribution in [2.45, 2.75) is 20.1 Å². The number of aryl methyl sites for hydroxylation is 1. The van der Waals surface area contributed by atoms with Crippen LogP contribution in [0.5, 0.6) is 5.75 Å². The summed E-state index contributed by atoms with van der Waals surface area (Å²) in [7, 11) is 0. The summed E-state index contributed by atoms with van der Waals surface area (Å²) in [6, 6.07) is 6.73. The van der Waals surface area contributed by atoms with Gasteiger partial charge in [0.1, 0.15) is 23.6 Å². The Balaban J connectivity index is 1.37. The number of aliphatic carboxylic acids is 3. The number of fused-ring (bicyclic) bond motifs is 1. The number of nitrogens with zero attached hydrogens (tertiary/aromatic N) is 7. The van der Waals surface area contributed by atoms with Gasteiger partial charge in [0.15, 0.2) is 0 Å². The molecule has 16 nitrogen and oxygen atoms in total. The number of benzene rings is 1. The van der Waals surface area contributed by atoms with Crippen molar-refractivity contribution in [1.29, 1.82) is 0 Å². The highest BCUT2D eigenvalue weighted by Crippen LogP contribution is 2.22.